The summed E-state index contributed by atoms with van der Waals surface area (Å²) in [6.45, 7) is 4.36. The fourth-order valence-electron chi connectivity index (χ4n) is 1.78. The van der Waals surface area contributed by atoms with Gasteiger partial charge in [0, 0.05) is 13.2 Å². The van der Waals surface area contributed by atoms with Crippen LogP contribution in [-0.2, 0) is 9.53 Å². The molecule has 4 heteroatoms. The number of rotatable bonds is 8. The summed E-state index contributed by atoms with van der Waals surface area (Å²) in [7, 11) is 1.83. The van der Waals surface area contributed by atoms with E-state index < -0.39 is 0 Å². The molecule has 0 radical (unpaired) electrons. The van der Waals surface area contributed by atoms with Gasteiger partial charge in [0.15, 0.2) is 0 Å². The van der Waals surface area contributed by atoms with Gasteiger partial charge in [-0.25, -0.2) is 10.2 Å². The van der Waals surface area contributed by atoms with Crippen molar-refractivity contribution >= 4 is 5.97 Å². The van der Waals surface area contributed by atoms with E-state index in [1.165, 1.54) is 12.8 Å². The van der Waals surface area contributed by atoms with Gasteiger partial charge in [0.2, 0.25) is 0 Å². The number of hydrazine groups is 1. The molecule has 0 saturated heterocycles. The van der Waals surface area contributed by atoms with Gasteiger partial charge in [-0.1, -0.05) is 25.8 Å². The summed E-state index contributed by atoms with van der Waals surface area (Å²) in [6, 6.07) is -0.199. The van der Waals surface area contributed by atoms with E-state index in [0.29, 0.717) is 12.5 Å². The lowest BCUT2D eigenvalue weighted by Crippen LogP contribution is -2.45. The van der Waals surface area contributed by atoms with Crippen LogP contribution in [0, 0.1) is 5.92 Å². The summed E-state index contributed by atoms with van der Waals surface area (Å²) in [4.78, 5) is 11.9. The number of hydrogen-bond acceptors (Lipinski definition) is 4. The predicted octanol–water partition coefficient (Wildman–Crippen LogP) is 2.08. The summed E-state index contributed by atoms with van der Waals surface area (Å²) < 4.78 is 5.14. The van der Waals surface area contributed by atoms with E-state index in [2.05, 4.69) is 12.3 Å². The Bertz CT molecular complexity index is 262. The van der Waals surface area contributed by atoms with Gasteiger partial charge in [0.25, 0.3) is 0 Å². The summed E-state index contributed by atoms with van der Waals surface area (Å²) >= 11 is 0. The lowest BCUT2D eigenvalue weighted by molar-refractivity contribution is -0.149. The second-order valence-corrected chi connectivity index (χ2v) is 4.37. The van der Waals surface area contributed by atoms with Gasteiger partial charge in [-0.15, -0.1) is 0 Å². The number of nitrogens with one attached hydrogen (secondary N) is 1. The number of hydrogen-bond donors (Lipinski definition) is 1. The van der Waals surface area contributed by atoms with Crippen molar-refractivity contribution in [2.45, 2.75) is 45.6 Å². The molecule has 1 fully saturated rings. The Morgan fingerprint density at radius 2 is 2.24 bits per heavy atom. The van der Waals surface area contributed by atoms with Crippen molar-refractivity contribution in [3.05, 3.63) is 12.3 Å². The fraction of sp³-hybridized carbons (Fsp3) is 0.769. The average molecular weight is 240 g/mol. The molecule has 1 rings (SSSR count). The second-order valence-electron chi connectivity index (χ2n) is 4.37. The molecule has 0 aromatic carbocycles. The van der Waals surface area contributed by atoms with E-state index in [-0.39, 0.29) is 12.0 Å². The lowest BCUT2D eigenvalue weighted by atomic mass is 10.1. The Kier molecular flexibility index (Phi) is 6.05. The van der Waals surface area contributed by atoms with Crippen molar-refractivity contribution in [1.82, 2.24) is 10.4 Å². The lowest BCUT2D eigenvalue weighted by Gasteiger charge is -2.28. The Balaban J connectivity index is 2.63. The minimum Gasteiger partial charge on any atom is -0.464 e. The summed E-state index contributed by atoms with van der Waals surface area (Å²) in [5.41, 5.74) is 3.06. The van der Waals surface area contributed by atoms with E-state index in [1.54, 1.807) is 0 Å². The molecule has 0 aliphatic heterocycles. The first kappa shape index (κ1) is 14.0. The molecular weight excluding hydrogens is 216 g/mol. The van der Waals surface area contributed by atoms with Crippen LogP contribution in [-0.4, -0.2) is 30.7 Å². The number of allylic oxidation sites excluding steroid dienone is 1. The van der Waals surface area contributed by atoms with Crippen LogP contribution in [0.1, 0.15) is 39.5 Å². The summed E-state index contributed by atoms with van der Waals surface area (Å²) in [5.74, 6) is 0.560. The zero-order valence-electron chi connectivity index (χ0n) is 11.1. The van der Waals surface area contributed by atoms with Crippen LogP contribution in [0.3, 0.4) is 0 Å². The maximum atomic E-state index is 11.9. The normalized spacial score (nSPS) is 17.1. The predicted molar refractivity (Wildman–Crippen MR) is 68.1 cm³/mol. The number of carbonyl (C=O) groups excluding carboxylic acids is 1. The van der Waals surface area contributed by atoms with E-state index in [1.807, 2.05) is 31.3 Å². The number of carbonyl (C=O) groups is 1. The average Bonchev–Trinajstić information content (AvgIpc) is 3.12. The third kappa shape index (κ3) is 4.77. The molecule has 17 heavy (non-hydrogen) atoms. The zero-order chi connectivity index (χ0) is 12.7. The minimum atomic E-state index is -0.199. The molecular formula is C13H24N2O2. The second kappa shape index (κ2) is 7.33. The Morgan fingerprint density at radius 1 is 1.53 bits per heavy atom. The van der Waals surface area contributed by atoms with Crippen LogP contribution < -0.4 is 5.43 Å². The number of ether oxygens (including phenoxy) is 1. The highest BCUT2D eigenvalue weighted by molar-refractivity contribution is 5.75. The molecule has 0 bridgehead atoms. The number of nitrogens with zero attached hydrogens (tertiary/aromatic N) is 1. The SMILES string of the molecule is CC/C=C\N(NC)C(CC1CC1)C(=O)OCC. The Hall–Kier alpha value is -1.03. The monoisotopic (exact) mass is 240 g/mol. The molecule has 1 N–H and O–H groups in total. The molecule has 98 valence electrons. The van der Waals surface area contributed by atoms with Crippen molar-refractivity contribution in [1.29, 1.82) is 0 Å². The van der Waals surface area contributed by atoms with Crippen LogP contribution in [0.4, 0.5) is 0 Å². The summed E-state index contributed by atoms with van der Waals surface area (Å²) in [5, 5.41) is 1.86. The van der Waals surface area contributed by atoms with Gasteiger partial charge in [-0.3, -0.25) is 0 Å². The first-order chi connectivity index (χ1) is 8.22. The first-order valence-corrected chi connectivity index (χ1v) is 6.51. The van der Waals surface area contributed by atoms with Gasteiger partial charge >= 0.3 is 5.97 Å². The van der Waals surface area contributed by atoms with Crippen molar-refractivity contribution < 1.29 is 9.53 Å². The van der Waals surface area contributed by atoms with Crippen LogP contribution in [0.2, 0.25) is 0 Å². The van der Waals surface area contributed by atoms with Gasteiger partial charge in [0.05, 0.1) is 6.61 Å². The molecule has 0 aromatic heterocycles. The standard InChI is InChI=1S/C13H24N2O2/c1-4-6-9-15(14-3)12(10-11-7-8-11)13(16)17-5-2/h6,9,11-12,14H,4-5,7-8,10H2,1-3H3/b9-6-. The molecule has 1 aliphatic carbocycles. The quantitative estimate of drug-likeness (QED) is 0.521. The highest BCUT2D eigenvalue weighted by atomic mass is 16.5. The van der Waals surface area contributed by atoms with Crippen LogP contribution in [0.5, 0.6) is 0 Å². The van der Waals surface area contributed by atoms with Crippen LogP contribution >= 0.6 is 0 Å². The van der Waals surface area contributed by atoms with Gasteiger partial charge in [-0.2, -0.15) is 0 Å². The molecule has 0 heterocycles. The van der Waals surface area contributed by atoms with Gasteiger partial charge in [-0.05, 0) is 25.7 Å². The molecule has 1 saturated carbocycles. The highest BCUT2D eigenvalue weighted by Crippen LogP contribution is 2.34. The van der Waals surface area contributed by atoms with Gasteiger partial charge < -0.3 is 9.75 Å². The maximum Gasteiger partial charge on any atom is 0.330 e. The van der Waals surface area contributed by atoms with E-state index in [9.17, 15) is 4.79 Å². The molecule has 1 unspecified atom stereocenters. The Morgan fingerprint density at radius 3 is 2.71 bits per heavy atom. The molecule has 0 aromatic rings. The molecule has 0 amide bonds. The largest absolute Gasteiger partial charge is 0.464 e. The molecule has 1 atom stereocenters. The number of esters is 1. The summed E-state index contributed by atoms with van der Waals surface area (Å²) in [6.07, 6.45) is 8.29. The fourth-order valence-corrected chi connectivity index (χ4v) is 1.78. The highest BCUT2D eigenvalue weighted by Gasteiger charge is 2.32. The zero-order valence-corrected chi connectivity index (χ0v) is 11.1. The minimum absolute atomic E-state index is 0.130. The van der Waals surface area contributed by atoms with Gasteiger partial charge in [0.1, 0.15) is 6.04 Å². The van der Waals surface area contributed by atoms with Crippen molar-refractivity contribution in [3.63, 3.8) is 0 Å². The van der Waals surface area contributed by atoms with E-state index in [0.717, 1.165) is 12.8 Å². The molecule has 4 nitrogen and oxygen atoms in total. The van der Waals surface area contributed by atoms with E-state index in [4.69, 9.17) is 4.74 Å². The molecule has 0 spiro atoms. The topological polar surface area (TPSA) is 41.6 Å². The third-order valence-corrected chi connectivity index (χ3v) is 2.91. The van der Waals surface area contributed by atoms with E-state index >= 15 is 0 Å². The van der Waals surface area contributed by atoms with Crippen molar-refractivity contribution in [2.24, 2.45) is 5.92 Å². The van der Waals surface area contributed by atoms with Crippen molar-refractivity contribution in [3.8, 4) is 0 Å². The smallest absolute Gasteiger partial charge is 0.330 e. The van der Waals surface area contributed by atoms with Crippen LogP contribution in [0.25, 0.3) is 0 Å². The van der Waals surface area contributed by atoms with Crippen LogP contribution in [0.15, 0.2) is 12.3 Å². The first-order valence-electron chi connectivity index (χ1n) is 6.51. The third-order valence-electron chi connectivity index (χ3n) is 2.91. The van der Waals surface area contributed by atoms with Crippen molar-refractivity contribution in [2.75, 3.05) is 13.7 Å². The Labute approximate surface area is 104 Å². The maximum absolute atomic E-state index is 11.9. The molecule has 1 aliphatic rings.